The molecule has 29 heavy (non-hydrogen) atoms. The molecule has 0 atom stereocenters. The van der Waals surface area contributed by atoms with Gasteiger partial charge in [-0.3, -0.25) is 4.79 Å². The van der Waals surface area contributed by atoms with Crippen molar-refractivity contribution in [2.45, 2.75) is 17.7 Å². The van der Waals surface area contributed by atoms with Crippen LogP contribution in [0, 0.1) is 0 Å². The number of nitrogens with one attached hydrogen (secondary N) is 1. The van der Waals surface area contributed by atoms with Crippen molar-refractivity contribution in [1.29, 1.82) is 0 Å². The van der Waals surface area contributed by atoms with E-state index in [-0.39, 0.29) is 23.9 Å². The summed E-state index contributed by atoms with van der Waals surface area (Å²) in [5.74, 6) is -0.314. The van der Waals surface area contributed by atoms with Gasteiger partial charge in [0.05, 0.1) is 17.1 Å². The number of ether oxygens (including phenoxy) is 1. The first-order valence-corrected chi connectivity index (χ1v) is 10.8. The van der Waals surface area contributed by atoms with Crippen LogP contribution in [-0.2, 0) is 19.6 Å². The summed E-state index contributed by atoms with van der Waals surface area (Å²) in [4.78, 5) is 26.1. The molecular weight excluding hydrogens is 394 g/mol. The zero-order valence-corrected chi connectivity index (χ0v) is 16.5. The molecule has 4 rings (SSSR count). The van der Waals surface area contributed by atoms with Crippen LogP contribution in [-0.4, -0.2) is 50.8 Å². The molecule has 2 aromatic rings. The normalized spacial score (nSPS) is 17.0. The molecule has 0 aliphatic carbocycles. The van der Waals surface area contributed by atoms with Crippen molar-refractivity contribution in [3.05, 3.63) is 48.5 Å². The summed E-state index contributed by atoms with van der Waals surface area (Å²) < 4.78 is 31.8. The fourth-order valence-corrected chi connectivity index (χ4v) is 5.02. The predicted octanol–water partition coefficient (Wildman–Crippen LogP) is 1.84. The van der Waals surface area contributed by atoms with Gasteiger partial charge in [-0.1, -0.05) is 12.1 Å². The fourth-order valence-electron chi connectivity index (χ4n) is 3.50. The van der Waals surface area contributed by atoms with Crippen LogP contribution in [0.25, 0.3) is 0 Å². The van der Waals surface area contributed by atoms with E-state index in [4.69, 9.17) is 4.74 Å². The number of benzene rings is 2. The molecule has 2 aliphatic heterocycles. The number of amides is 1. The van der Waals surface area contributed by atoms with Crippen LogP contribution in [0.1, 0.15) is 12.8 Å². The average molecular weight is 415 g/mol. The van der Waals surface area contributed by atoms with Crippen LogP contribution in [0.5, 0.6) is 5.75 Å². The summed E-state index contributed by atoms with van der Waals surface area (Å²) in [6.45, 7) is 1.04. The number of rotatable bonds is 5. The largest absolute Gasteiger partial charge is 0.423 e. The third-order valence-electron chi connectivity index (χ3n) is 4.93. The molecule has 1 N–H and O–H groups in total. The highest BCUT2D eigenvalue weighted by Gasteiger charge is 2.27. The lowest BCUT2D eigenvalue weighted by atomic mass is 10.2. The molecule has 0 unspecified atom stereocenters. The lowest BCUT2D eigenvalue weighted by molar-refractivity contribution is -0.133. The molecule has 0 bridgehead atoms. The molecular formula is C20H21N3O5S. The van der Waals surface area contributed by atoms with Gasteiger partial charge in [-0.05, 0) is 49.2 Å². The monoisotopic (exact) mass is 415 g/mol. The summed E-state index contributed by atoms with van der Waals surface area (Å²) in [6, 6.07) is 13.2. The van der Waals surface area contributed by atoms with Crippen LogP contribution < -0.4 is 15.0 Å². The predicted molar refractivity (Wildman–Crippen MR) is 107 cm³/mol. The zero-order valence-electron chi connectivity index (χ0n) is 15.7. The summed E-state index contributed by atoms with van der Waals surface area (Å²) in [5.41, 5.74) is 1.16. The van der Waals surface area contributed by atoms with Crippen molar-refractivity contribution < 1.29 is 22.7 Å². The molecule has 8 nitrogen and oxygen atoms in total. The van der Waals surface area contributed by atoms with E-state index in [0.29, 0.717) is 30.2 Å². The second-order valence-corrected chi connectivity index (χ2v) is 8.92. The molecule has 2 heterocycles. The molecule has 0 aromatic heterocycles. The molecule has 1 fully saturated rings. The van der Waals surface area contributed by atoms with Gasteiger partial charge in [-0.15, -0.1) is 0 Å². The summed E-state index contributed by atoms with van der Waals surface area (Å²) in [6.07, 6.45) is 1.75. The van der Waals surface area contributed by atoms with Gasteiger partial charge in [0.15, 0.2) is 5.75 Å². The fraction of sp³-hybridized carbons (Fsp3) is 0.300. The first-order chi connectivity index (χ1) is 13.9. The van der Waals surface area contributed by atoms with Gasteiger partial charge in [-0.25, -0.2) is 13.2 Å². The minimum atomic E-state index is -3.49. The third kappa shape index (κ3) is 4.10. The Morgan fingerprint density at radius 2 is 1.72 bits per heavy atom. The van der Waals surface area contributed by atoms with Gasteiger partial charge in [-0.2, -0.15) is 4.31 Å². The Labute approximate surface area is 169 Å². The first-order valence-electron chi connectivity index (χ1n) is 9.38. The van der Waals surface area contributed by atoms with Gasteiger partial charge in [0.1, 0.15) is 6.54 Å². The lowest BCUT2D eigenvalue weighted by Crippen LogP contribution is -2.41. The number of fused-ring (bicyclic) bond motifs is 1. The average Bonchev–Trinajstić information content (AvgIpc) is 3.24. The van der Waals surface area contributed by atoms with E-state index in [2.05, 4.69) is 5.32 Å². The van der Waals surface area contributed by atoms with Crippen LogP contribution in [0.2, 0.25) is 0 Å². The third-order valence-corrected chi connectivity index (χ3v) is 6.84. The molecule has 9 heteroatoms. The van der Waals surface area contributed by atoms with E-state index in [1.807, 2.05) is 6.07 Å². The van der Waals surface area contributed by atoms with Crippen molar-refractivity contribution in [3.63, 3.8) is 0 Å². The lowest BCUT2D eigenvalue weighted by Gasteiger charge is -2.29. The number of sulfonamides is 1. The Bertz CT molecular complexity index is 1030. The molecule has 0 saturated carbocycles. The van der Waals surface area contributed by atoms with Crippen LogP contribution >= 0.6 is 0 Å². The zero-order chi connectivity index (χ0) is 20.4. The second-order valence-electron chi connectivity index (χ2n) is 6.98. The Kier molecular flexibility index (Phi) is 5.25. The van der Waals surface area contributed by atoms with Gasteiger partial charge in [0.25, 0.3) is 0 Å². The van der Waals surface area contributed by atoms with Crippen LogP contribution in [0.3, 0.4) is 0 Å². The van der Waals surface area contributed by atoms with E-state index >= 15 is 0 Å². The van der Waals surface area contributed by atoms with Gasteiger partial charge in [0, 0.05) is 18.8 Å². The molecule has 0 radical (unpaired) electrons. The Hall–Kier alpha value is -2.91. The number of para-hydroxylation sites is 2. The molecule has 1 saturated heterocycles. The molecule has 0 spiro atoms. The maximum absolute atomic E-state index is 12.6. The molecule has 2 aliphatic rings. The quantitative estimate of drug-likeness (QED) is 0.591. The molecule has 152 valence electrons. The number of nitrogens with zero attached hydrogens (tertiary/aromatic N) is 2. The number of esters is 1. The highest BCUT2D eigenvalue weighted by molar-refractivity contribution is 7.89. The summed E-state index contributed by atoms with van der Waals surface area (Å²) in [7, 11) is -3.49. The van der Waals surface area contributed by atoms with Crippen LogP contribution in [0.4, 0.5) is 11.4 Å². The van der Waals surface area contributed by atoms with Crippen molar-refractivity contribution in [1.82, 2.24) is 4.31 Å². The Morgan fingerprint density at radius 3 is 2.45 bits per heavy atom. The molecule has 1 amide bonds. The van der Waals surface area contributed by atoms with Gasteiger partial charge < -0.3 is 15.0 Å². The number of hydrogen-bond donors (Lipinski definition) is 1. The summed E-state index contributed by atoms with van der Waals surface area (Å²) in [5, 5.41) is 2.74. The maximum Gasteiger partial charge on any atom is 0.331 e. The topological polar surface area (TPSA) is 96.0 Å². The van der Waals surface area contributed by atoms with Crippen molar-refractivity contribution in [3.8, 4) is 5.75 Å². The van der Waals surface area contributed by atoms with E-state index in [9.17, 15) is 18.0 Å². The number of carbonyl (C=O) groups excluding carboxylic acids is 2. The van der Waals surface area contributed by atoms with Crippen molar-refractivity contribution in [2.24, 2.45) is 0 Å². The van der Waals surface area contributed by atoms with Crippen LogP contribution in [0.15, 0.2) is 53.4 Å². The van der Waals surface area contributed by atoms with Crippen molar-refractivity contribution >= 4 is 33.3 Å². The van der Waals surface area contributed by atoms with E-state index in [1.54, 1.807) is 35.2 Å². The second kappa shape index (κ2) is 7.84. The van der Waals surface area contributed by atoms with Gasteiger partial charge in [0.2, 0.25) is 15.9 Å². The Balaban J connectivity index is 1.42. The summed E-state index contributed by atoms with van der Waals surface area (Å²) >= 11 is 0. The van der Waals surface area contributed by atoms with Gasteiger partial charge >= 0.3 is 5.97 Å². The first kappa shape index (κ1) is 19.4. The highest BCUT2D eigenvalue weighted by atomic mass is 32.2. The van der Waals surface area contributed by atoms with Crippen molar-refractivity contribution in [2.75, 3.05) is 36.4 Å². The minimum absolute atomic E-state index is 0.0164. The van der Waals surface area contributed by atoms with E-state index in [0.717, 1.165) is 12.8 Å². The minimum Gasteiger partial charge on any atom is -0.423 e. The van der Waals surface area contributed by atoms with E-state index in [1.165, 1.54) is 16.4 Å². The smallest absolute Gasteiger partial charge is 0.331 e. The maximum atomic E-state index is 12.6. The van der Waals surface area contributed by atoms with E-state index < -0.39 is 16.0 Å². The highest BCUT2D eigenvalue weighted by Crippen LogP contribution is 2.31. The number of carbonyl (C=O) groups is 2. The number of hydrogen-bond acceptors (Lipinski definition) is 6. The molecule has 2 aromatic carbocycles. The Morgan fingerprint density at radius 1 is 1.03 bits per heavy atom. The SMILES string of the molecule is O=C(CN1CC(=O)Oc2ccccc21)Nc1ccc(S(=O)(=O)N2CCCC2)cc1. The standard InChI is InChI=1S/C20H21N3O5S/c24-19(13-22-14-20(25)28-18-6-2-1-5-17(18)22)21-15-7-9-16(10-8-15)29(26,27)23-11-3-4-12-23/h1-2,5-10H,3-4,11-14H2,(H,21,24). The number of anilines is 2.